The van der Waals surface area contributed by atoms with Crippen LogP contribution in [0.4, 0.5) is 0 Å². The maximum absolute atomic E-state index is 13.4. The summed E-state index contributed by atoms with van der Waals surface area (Å²) in [6.07, 6.45) is 10.8. The lowest BCUT2D eigenvalue weighted by Gasteiger charge is -2.62. The Balaban J connectivity index is 0.769. The Kier molecular flexibility index (Phi) is 43.0. The number of nitrogens with two attached hydrogens (primary N) is 1. The number of benzene rings is 2. The largest absolute Gasteiger partial charge is 0.507 e. The van der Waals surface area contributed by atoms with E-state index in [2.05, 4.69) is 80.6 Å². The third kappa shape index (κ3) is 33.7. The number of carboxylic acid groups (broad SMARTS) is 4. The number of aromatic hydroxyl groups is 1. The zero-order valence-electron chi connectivity index (χ0n) is 69.9. The standard InChI is InChI=1S/C83H130I2N12O23/c1-53(61-15-16-62-60-14-12-56-42-58(98)19-20-82(56,3)63(60)45-69(100)83(61,62)4)11-18-70(101)87-21-7-5-9-57(92-75(106)52-119-38-36-117-34-24-90-80(113)66(86)41-55-39-54(2)79(65(85)40-55)120-59-13-17-68(99)64(84)44-59)43-71(102)89-23-33-116-35-37-118-51-74(105)91-46-72(103)93-67(81(114)115)10-6-8-22-88-73(104)47-94-25-27-95(48-76(107)108)29-31-97(50-78(111)112)32-30-96(28-26-94)49-77(109)110/h13,17,39-40,44,53,56-58,60-63,66-67,69,98-100H,5-12,14-16,18-38,41-43,45-52,86H2,1-4H3,(H,87,101)(H,88,104)(H,89,102)(H,90,113)(H,91,105)(H,92,106)(H,93,103)(H,107,108)(H,109,110)(H,111,112)(H,114,115)/t53?,56?,57-,58-,60?,61?,62?,63?,66-,67-,69+,82-,83+/m0/s1. The molecular formula is C83H130I2N12O23. The second kappa shape index (κ2) is 51.5. The molecule has 7 rings (SSSR count). The van der Waals surface area contributed by atoms with Crippen molar-refractivity contribution in [3.8, 4) is 17.2 Å². The minimum absolute atomic E-state index is 0.00254. The van der Waals surface area contributed by atoms with Crippen LogP contribution < -0.4 is 47.7 Å². The number of phenolic OH excluding ortho intramolecular Hbond substituents is 1. The normalized spacial score (nSPS) is 23.5. The van der Waals surface area contributed by atoms with E-state index in [1.54, 1.807) is 37.8 Å². The summed E-state index contributed by atoms with van der Waals surface area (Å²) in [5.74, 6) is -3.61. The average Bonchev–Trinajstić information content (AvgIpc) is 1.46. The molecule has 674 valence electrons. The van der Waals surface area contributed by atoms with Gasteiger partial charge in [-0.25, -0.2) is 4.79 Å². The van der Waals surface area contributed by atoms with Gasteiger partial charge in [-0.2, -0.15) is 0 Å². The van der Waals surface area contributed by atoms with Crippen LogP contribution in [0.25, 0.3) is 0 Å². The van der Waals surface area contributed by atoms with Gasteiger partial charge >= 0.3 is 23.9 Å². The van der Waals surface area contributed by atoms with E-state index in [-0.39, 0.29) is 222 Å². The molecule has 16 N–H and O–H groups in total. The van der Waals surface area contributed by atoms with Crippen LogP contribution in [0.5, 0.6) is 17.2 Å². The molecule has 6 unspecified atom stereocenters. The van der Waals surface area contributed by atoms with Gasteiger partial charge in [-0.1, -0.05) is 26.8 Å². The number of nitrogens with zero attached hydrogens (tertiary/aromatic N) is 4. The van der Waals surface area contributed by atoms with Gasteiger partial charge in [0.2, 0.25) is 41.4 Å². The maximum Gasteiger partial charge on any atom is 0.326 e. The van der Waals surface area contributed by atoms with Gasteiger partial charge in [-0.3, -0.25) is 67.5 Å². The van der Waals surface area contributed by atoms with E-state index in [4.69, 9.17) is 29.4 Å². The molecule has 4 saturated carbocycles. The molecule has 1 aliphatic heterocycles. The van der Waals surface area contributed by atoms with Crippen LogP contribution in [-0.4, -0.2) is 315 Å². The predicted octanol–water partition coefficient (Wildman–Crippen LogP) is 2.89. The molecule has 5 fully saturated rings. The van der Waals surface area contributed by atoms with Crippen LogP contribution in [0, 0.1) is 60.4 Å². The number of halogens is 2. The Morgan fingerprint density at radius 1 is 0.567 bits per heavy atom. The summed E-state index contributed by atoms with van der Waals surface area (Å²) in [6, 6.07) is 6.09. The van der Waals surface area contributed by atoms with Gasteiger partial charge in [-0.05, 0) is 237 Å². The van der Waals surface area contributed by atoms with Crippen molar-refractivity contribution in [3.63, 3.8) is 0 Å². The number of fused-ring (bicyclic) bond motifs is 5. The van der Waals surface area contributed by atoms with Crippen molar-refractivity contribution in [3.05, 3.63) is 48.6 Å². The summed E-state index contributed by atoms with van der Waals surface area (Å²) in [5.41, 5.74) is 7.96. The number of rotatable bonds is 50. The van der Waals surface area contributed by atoms with Gasteiger partial charge in [0.05, 0.1) is 97.8 Å². The number of aliphatic hydroxyl groups excluding tert-OH is 2. The monoisotopic (exact) mass is 1920 g/mol. The van der Waals surface area contributed by atoms with E-state index >= 15 is 0 Å². The third-order valence-corrected chi connectivity index (χ3v) is 26.3. The topological polar surface area (TPSA) is 499 Å². The summed E-state index contributed by atoms with van der Waals surface area (Å²) >= 11 is 4.21. The zero-order chi connectivity index (χ0) is 87.5. The average molecular weight is 1920 g/mol. The second-order valence-electron chi connectivity index (χ2n) is 33.3. The number of nitrogens with one attached hydrogen (secondary N) is 7. The first-order chi connectivity index (χ1) is 57.2. The number of unbranched alkanes of at least 4 members (excludes halogenated alkanes) is 2. The number of aliphatic carboxylic acids is 4. The number of hydrogen-bond donors (Lipinski definition) is 15. The van der Waals surface area contributed by atoms with Crippen LogP contribution in [0.15, 0.2) is 30.3 Å². The van der Waals surface area contributed by atoms with Gasteiger partial charge in [0.25, 0.3) is 0 Å². The first-order valence-corrected chi connectivity index (χ1v) is 44.5. The van der Waals surface area contributed by atoms with Crippen LogP contribution >= 0.6 is 45.2 Å². The van der Waals surface area contributed by atoms with Crippen LogP contribution in [0.2, 0.25) is 0 Å². The summed E-state index contributed by atoms with van der Waals surface area (Å²) in [6.45, 7) is 9.68. The highest BCUT2D eigenvalue weighted by atomic mass is 127. The van der Waals surface area contributed by atoms with E-state index in [1.807, 2.05) is 41.6 Å². The number of phenols is 1. The molecule has 7 amide bonds. The number of carboxylic acids is 4. The van der Waals surface area contributed by atoms with Gasteiger partial charge in [0, 0.05) is 97.4 Å². The van der Waals surface area contributed by atoms with Crippen molar-refractivity contribution in [1.29, 1.82) is 0 Å². The number of hydrogen-bond acceptors (Lipinski definition) is 24. The summed E-state index contributed by atoms with van der Waals surface area (Å²) in [7, 11) is 0. The molecule has 35 nitrogen and oxygen atoms in total. The van der Waals surface area contributed by atoms with Crippen molar-refractivity contribution in [2.45, 2.75) is 174 Å². The van der Waals surface area contributed by atoms with E-state index in [0.717, 1.165) is 66.1 Å². The number of carbonyl (C=O) groups excluding carboxylic acids is 7. The van der Waals surface area contributed by atoms with E-state index < -0.39 is 79.0 Å². The number of aliphatic hydroxyl groups is 2. The molecule has 4 aliphatic carbocycles. The molecule has 1 heterocycles. The second-order valence-corrected chi connectivity index (χ2v) is 35.6. The fourth-order valence-corrected chi connectivity index (χ4v) is 19.7. The number of aryl methyl sites for hydroxylation is 1. The van der Waals surface area contributed by atoms with E-state index in [0.29, 0.717) is 89.7 Å². The SMILES string of the molecule is Cc1cc(C[C@H](N)C(=O)NCCOCCOCC(=O)N[C@@H](CCCCNC(=O)CCC(C)C2CCC3C4CCC5C[C@@H](O)CC[C@]5(C)C4C[C@@H](O)[C@]23C)CC(=O)NCCOCCOCC(=O)NCC(=O)N[C@@H](CCCCNC(=O)CN2CCN(CC(=O)O)CCN(CC(=O)O)CCN(CC(=O)O)CC2)C(=O)O)cc(I)c1Oc1ccc(O)c(I)c1. The molecule has 2 aromatic carbocycles. The molecule has 2 aromatic rings. The zero-order valence-corrected chi connectivity index (χ0v) is 74.2. The molecule has 120 heavy (non-hydrogen) atoms. The number of ether oxygens (including phenoxy) is 5. The lowest BCUT2D eigenvalue weighted by atomic mass is 9.43. The fraction of sp³-hybridized carbons (Fsp3) is 0.723. The Hall–Kier alpha value is -6.77. The van der Waals surface area contributed by atoms with Crippen molar-refractivity contribution in [1.82, 2.24) is 56.8 Å². The molecule has 13 atom stereocenters. The fourth-order valence-electron chi connectivity index (χ4n) is 18.3. The smallest absolute Gasteiger partial charge is 0.326 e. The summed E-state index contributed by atoms with van der Waals surface area (Å²) in [4.78, 5) is 145. The highest BCUT2D eigenvalue weighted by Gasteiger charge is 2.64. The van der Waals surface area contributed by atoms with Crippen molar-refractivity contribution in [2.24, 2.45) is 52.1 Å². The molecule has 0 radical (unpaired) electrons. The van der Waals surface area contributed by atoms with Gasteiger partial charge in [0.15, 0.2) is 0 Å². The molecule has 0 aromatic heterocycles. The van der Waals surface area contributed by atoms with Crippen molar-refractivity contribution >= 4 is 110 Å². The Morgan fingerprint density at radius 3 is 1.73 bits per heavy atom. The quantitative estimate of drug-likeness (QED) is 0.0334. The number of amides is 7. The van der Waals surface area contributed by atoms with Gasteiger partial charge < -0.3 is 102 Å². The number of carbonyl (C=O) groups is 11. The molecule has 0 spiro atoms. The Morgan fingerprint density at radius 2 is 1.13 bits per heavy atom. The lowest BCUT2D eigenvalue weighted by molar-refractivity contribution is -0.175. The first kappa shape index (κ1) is 100. The molecule has 37 heteroatoms. The summed E-state index contributed by atoms with van der Waals surface area (Å²) in [5, 5.41) is 90.0. The van der Waals surface area contributed by atoms with E-state index in [9.17, 15) is 88.5 Å². The molecule has 1 saturated heterocycles. The van der Waals surface area contributed by atoms with E-state index in [1.165, 1.54) is 0 Å². The maximum atomic E-state index is 13.4. The first-order valence-electron chi connectivity index (χ1n) is 42.3. The Bertz CT molecular complexity index is 3630. The highest BCUT2D eigenvalue weighted by molar-refractivity contribution is 14.1. The van der Waals surface area contributed by atoms with Crippen molar-refractivity contribution < 1.29 is 112 Å². The molecular weight excluding hydrogens is 1790 g/mol. The van der Waals surface area contributed by atoms with Crippen LogP contribution in [0.1, 0.15) is 141 Å². The minimum Gasteiger partial charge on any atom is -0.507 e. The van der Waals surface area contributed by atoms with Gasteiger partial charge in [0.1, 0.15) is 36.5 Å². The van der Waals surface area contributed by atoms with Crippen LogP contribution in [-0.2, 0) is 78.1 Å². The minimum atomic E-state index is -1.31. The summed E-state index contributed by atoms with van der Waals surface area (Å²) < 4.78 is 29.9. The lowest BCUT2D eigenvalue weighted by Crippen LogP contribution is -2.58. The van der Waals surface area contributed by atoms with Crippen molar-refractivity contribution in [2.75, 3.05) is 164 Å². The van der Waals surface area contributed by atoms with Crippen LogP contribution in [0.3, 0.4) is 0 Å². The Labute approximate surface area is 730 Å². The predicted molar refractivity (Wildman–Crippen MR) is 458 cm³/mol. The molecule has 5 aliphatic rings. The third-order valence-electron chi connectivity index (χ3n) is 24.7. The van der Waals surface area contributed by atoms with Gasteiger partial charge in [-0.15, -0.1) is 0 Å². The molecule has 0 bridgehead atoms. The highest BCUT2D eigenvalue weighted by Crippen LogP contribution is 2.68.